The molecule has 22 heavy (non-hydrogen) atoms. The number of benzene rings is 1. The molecule has 1 aromatic carbocycles. The lowest BCUT2D eigenvalue weighted by Crippen LogP contribution is -2.53. The van der Waals surface area contributed by atoms with Crippen LogP contribution in [0.5, 0.6) is 0 Å². The van der Waals surface area contributed by atoms with Gasteiger partial charge in [-0.15, -0.1) is 12.4 Å². The molecule has 0 aromatic heterocycles. The van der Waals surface area contributed by atoms with Crippen molar-refractivity contribution >= 4 is 30.0 Å². The van der Waals surface area contributed by atoms with Gasteiger partial charge in [0.1, 0.15) is 6.04 Å². The van der Waals surface area contributed by atoms with Crippen LogP contribution in [0.4, 0.5) is 5.69 Å². The SMILES string of the molecule is COC(=O)Cc1cccc(NC(=O)[C@H]2NCCO[C@@H]2C)c1.Cl. The van der Waals surface area contributed by atoms with Crippen molar-refractivity contribution in [3.63, 3.8) is 0 Å². The third kappa shape index (κ3) is 4.98. The van der Waals surface area contributed by atoms with Crippen molar-refractivity contribution in [1.29, 1.82) is 0 Å². The number of carbonyl (C=O) groups excluding carboxylic acids is 2. The number of esters is 1. The zero-order valence-corrected chi connectivity index (χ0v) is 13.4. The normalized spacial score (nSPS) is 20.6. The molecule has 1 amide bonds. The van der Waals surface area contributed by atoms with Crippen LogP contribution >= 0.6 is 12.4 Å². The Hall–Kier alpha value is -1.63. The van der Waals surface area contributed by atoms with Crippen molar-refractivity contribution in [1.82, 2.24) is 5.32 Å². The van der Waals surface area contributed by atoms with Crippen LogP contribution in [0.25, 0.3) is 0 Å². The number of halogens is 1. The quantitative estimate of drug-likeness (QED) is 0.811. The fourth-order valence-electron chi connectivity index (χ4n) is 2.25. The molecular formula is C15H21ClN2O4. The number of hydrogen-bond acceptors (Lipinski definition) is 5. The Labute approximate surface area is 136 Å². The summed E-state index contributed by atoms with van der Waals surface area (Å²) in [5.41, 5.74) is 1.45. The van der Waals surface area contributed by atoms with E-state index in [1.54, 1.807) is 18.2 Å². The predicted molar refractivity (Wildman–Crippen MR) is 85.2 cm³/mol. The van der Waals surface area contributed by atoms with E-state index in [4.69, 9.17) is 4.74 Å². The van der Waals surface area contributed by atoms with Gasteiger partial charge in [-0.1, -0.05) is 12.1 Å². The van der Waals surface area contributed by atoms with Gasteiger partial charge in [0.25, 0.3) is 0 Å². The standard InChI is InChI=1S/C15H20N2O4.ClH/c1-10-14(16-6-7-21-10)15(19)17-12-5-3-4-11(8-12)9-13(18)20-2;/h3-5,8,10,14,16H,6-7,9H2,1-2H3,(H,17,19);1H/t10-,14+;/m1./s1. The molecule has 2 atom stereocenters. The van der Waals surface area contributed by atoms with Gasteiger partial charge in [0.2, 0.25) is 5.91 Å². The maximum absolute atomic E-state index is 12.2. The molecule has 7 heteroatoms. The molecule has 0 unspecified atom stereocenters. The van der Waals surface area contributed by atoms with E-state index in [1.165, 1.54) is 7.11 Å². The zero-order chi connectivity index (χ0) is 15.2. The first kappa shape index (κ1) is 18.4. The van der Waals surface area contributed by atoms with Crippen molar-refractivity contribution in [3.05, 3.63) is 29.8 Å². The van der Waals surface area contributed by atoms with Gasteiger partial charge in [0, 0.05) is 12.2 Å². The molecule has 0 bridgehead atoms. The van der Waals surface area contributed by atoms with Crippen LogP contribution < -0.4 is 10.6 Å². The summed E-state index contributed by atoms with van der Waals surface area (Å²) in [7, 11) is 1.35. The molecule has 2 N–H and O–H groups in total. The van der Waals surface area contributed by atoms with Crippen LogP contribution in [0.3, 0.4) is 0 Å². The van der Waals surface area contributed by atoms with Gasteiger partial charge >= 0.3 is 5.97 Å². The Balaban J connectivity index is 0.00000242. The van der Waals surface area contributed by atoms with Crippen LogP contribution in [0.2, 0.25) is 0 Å². The highest BCUT2D eigenvalue weighted by molar-refractivity contribution is 5.95. The number of rotatable bonds is 4. The van der Waals surface area contributed by atoms with Gasteiger partial charge in [-0.05, 0) is 24.6 Å². The topological polar surface area (TPSA) is 76.7 Å². The Morgan fingerprint density at radius 2 is 2.23 bits per heavy atom. The van der Waals surface area contributed by atoms with E-state index >= 15 is 0 Å². The number of anilines is 1. The molecule has 0 aliphatic carbocycles. The molecule has 1 aliphatic rings. The fraction of sp³-hybridized carbons (Fsp3) is 0.467. The fourth-order valence-corrected chi connectivity index (χ4v) is 2.25. The molecule has 1 heterocycles. The van der Waals surface area contributed by atoms with E-state index in [2.05, 4.69) is 15.4 Å². The minimum Gasteiger partial charge on any atom is -0.469 e. The second-order valence-electron chi connectivity index (χ2n) is 4.95. The molecule has 0 saturated carbocycles. The summed E-state index contributed by atoms with van der Waals surface area (Å²) in [4.78, 5) is 23.5. The Kier molecular flexibility index (Phi) is 7.31. The number of morpholine rings is 1. The highest BCUT2D eigenvalue weighted by Gasteiger charge is 2.28. The lowest BCUT2D eigenvalue weighted by molar-refractivity contribution is -0.139. The summed E-state index contributed by atoms with van der Waals surface area (Å²) < 4.78 is 10.1. The van der Waals surface area contributed by atoms with Crippen LogP contribution in [-0.2, 0) is 25.5 Å². The molecule has 2 rings (SSSR count). The van der Waals surface area contributed by atoms with Gasteiger partial charge in [-0.3, -0.25) is 9.59 Å². The van der Waals surface area contributed by atoms with E-state index in [9.17, 15) is 9.59 Å². The van der Waals surface area contributed by atoms with Crippen LogP contribution in [0.15, 0.2) is 24.3 Å². The number of amides is 1. The van der Waals surface area contributed by atoms with Crippen LogP contribution in [-0.4, -0.2) is 44.3 Å². The number of methoxy groups -OCH3 is 1. The van der Waals surface area contributed by atoms with Crippen molar-refractivity contribution in [3.8, 4) is 0 Å². The van der Waals surface area contributed by atoms with Gasteiger partial charge < -0.3 is 20.1 Å². The number of nitrogens with one attached hydrogen (secondary N) is 2. The number of carbonyl (C=O) groups is 2. The molecular weight excluding hydrogens is 308 g/mol. The van der Waals surface area contributed by atoms with Crippen molar-refractivity contribution in [2.24, 2.45) is 0 Å². The highest BCUT2D eigenvalue weighted by Crippen LogP contribution is 2.13. The average Bonchev–Trinajstić information content (AvgIpc) is 2.47. The maximum Gasteiger partial charge on any atom is 0.309 e. The van der Waals surface area contributed by atoms with Crippen molar-refractivity contribution < 1.29 is 19.1 Å². The summed E-state index contributed by atoms with van der Waals surface area (Å²) >= 11 is 0. The molecule has 1 saturated heterocycles. The van der Waals surface area contributed by atoms with Gasteiger partial charge in [0.05, 0.1) is 26.2 Å². The van der Waals surface area contributed by atoms with Crippen molar-refractivity contribution in [2.75, 3.05) is 25.6 Å². The first-order valence-electron chi connectivity index (χ1n) is 6.92. The molecule has 122 valence electrons. The average molecular weight is 329 g/mol. The summed E-state index contributed by atoms with van der Waals surface area (Å²) in [6.07, 6.45) is 0.0125. The first-order valence-corrected chi connectivity index (χ1v) is 6.92. The van der Waals surface area contributed by atoms with Crippen LogP contribution in [0.1, 0.15) is 12.5 Å². The number of ether oxygens (including phenoxy) is 2. The second-order valence-corrected chi connectivity index (χ2v) is 4.95. The summed E-state index contributed by atoms with van der Waals surface area (Å²) in [6, 6.07) is 6.79. The Morgan fingerprint density at radius 1 is 1.45 bits per heavy atom. The molecule has 1 fully saturated rings. The lowest BCUT2D eigenvalue weighted by Gasteiger charge is -2.29. The molecule has 1 aliphatic heterocycles. The monoisotopic (exact) mass is 328 g/mol. The number of hydrogen-bond donors (Lipinski definition) is 2. The van der Waals surface area contributed by atoms with E-state index in [-0.39, 0.29) is 42.9 Å². The summed E-state index contributed by atoms with van der Waals surface area (Å²) in [6.45, 7) is 3.13. The second kappa shape index (κ2) is 8.73. The van der Waals surface area contributed by atoms with Crippen molar-refractivity contribution in [2.45, 2.75) is 25.5 Å². The molecule has 6 nitrogen and oxygen atoms in total. The third-order valence-electron chi connectivity index (χ3n) is 3.37. The van der Waals surface area contributed by atoms with Gasteiger partial charge in [-0.25, -0.2) is 0 Å². The van der Waals surface area contributed by atoms with E-state index in [0.717, 1.165) is 5.56 Å². The minimum absolute atomic E-state index is 0. The third-order valence-corrected chi connectivity index (χ3v) is 3.37. The summed E-state index contributed by atoms with van der Waals surface area (Å²) in [5.74, 6) is -0.452. The minimum atomic E-state index is -0.372. The highest BCUT2D eigenvalue weighted by atomic mass is 35.5. The van der Waals surface area contributed by atoms with Crippen LogP contribution in [0, 0.1) is 0 Å². The van der Waals surface area contributed by atoms with Gasteiger partial charge in [-0.2, -0.15) is 0 Å². The molecule has 0 radical (unpaired) electrons. The Bertz CT molecular complexity index is 524. The Morgan fingerprint density at radius 3 is 2.91 bits per heavy atom. The maximum atomic E-state index is 12.2. The van der Waals surface area contributed by atoms with E-state index in [0.29, 0.717) is 18.8 Å². The largest absolute Gasteiger partial charge is 0.469 e. The predicted octanol–water partition coefficient (Wildman–Crippen LogP) is 1.14. The van der Waals surface area contributed by atoms with E-state index < -0.39 is 0 Å². The lowest BCUT2D eigenvalue weighted by atomic mass is 10.1. The molecule has 1 aromatic rings. The van der Waals surface area contributed by atoms with Gasteiger partial charge in [0.15, 0.2) is 0 Å². The summed E-state index contributed by atoms with van der Waals surface area (Å²) in [5, 5.41) is 5.97. The first-order chi connectivity index (χ1) is 10.1. The zero-order valence-electron chi connectivity index (χ0n) is 12.6. The molecule has 0 spiro atoms. The van der Waals surface area contributed by atoms with E-state index in [1.807, 2.05) is 13.0 Å². The smallest absolute Gasteiger partial charge is 0.309 e.